The molecule has 1 N–H and O–H groups in total. The van der Waals surface area contributed by atoms with Crippen molar-refractivity contribution < 1.29 is 19.0 Å². The van der Waals surface area contributed by atoms with E-state index in [-0.39, 0.29) is 5.04 Å². The lowest BCUT2D eigenvalue weighted by molar-refractivity contribution is -0.104. The highest BCUT2D eigenvalue weighted by atomic mass is 28.4. The number of aromatic nitrogens is 1. The van der Waals surface area contributed by atoms with Crippen LogP contribution in [0.1, 0.15) is 57.4 Å². The quantitative estimate of drug-likeness (QED) is 0.649. The zero-order valence-corrected chi connectivity index (χ0v) is 20.4. The number of fused-ring (bicyclic) bond motifs is 1. The van der Waals surface area contributed by atoms with Crippen molar-refractivity contribution in [2.75, 3.05) is 0 Å². The minimum atomic E-state index is -1.96. The first-order valence-electron chi connectivity index (χ1n) is 10.5. The molecule has 0 saturated carbocycles. The van der Waals surface area contributed by atoms with Gasteiger partial charge in [-0.3, -0.25) is 0 Å². The highest BCUT2D eigenvalue weighted by Gasteiger charge is 2.45. The fourth-order valence-corrected chi connectivity index (χ4v) is 4.12. The molecule has 1 aliphatic rings. The van der Waals surface area contributed by atoms with E-state index in [1.165, 1.54) is 0 Å². The van der Waals surface area contributed by atoms with Crippen LogP contribution in [0.5, 0.6) is 11.6 Å². The highest BCUT2D eigenvalue weighted by molar-refractivity contribution is 6.74. The molecule has 2 heterocycles. The molecule has 0 bridgehead atoms. The minimum Gasteiger partial charge on any atom is -0.485 e. The topological polar surface area (TPSA) is 84.6 Å². The monoisotopic (exact) mass is 440 g/mol. The van der Waals surface area contributed by atoms with Gasteiger partial charge in [-0.2, -0.15) is 5.26 Å². The number of hydrogen-bond acceptors (Lipinski definition) is 6. The third-order valence-corrected chi connectivity index (χ3v) is 10.8. The Hall–Kier alpha value is -2.40. The molecule has 1 aliphatic heterocycles. The normalized spacial score (nSPS) is 20.4. The maximum absolute atomic E-state index is 11.0. The second-order valence-electron chi connectivity index (χ2n) is 10.1. The molecule has 1 aromatic carbocycles. The minimum absolute atomic E-state index is 0.0871. The zero-order chi connectivity index (χ0) is 23.0. The lowest BCUT2D eigenvalue weighted by Gasteiger charge is -2.41. The van der Waals surface area contributed by atoms with Crippen LogP contribution in [0.3, 0.4) is 0 Å². The van der Waals surface area contributed by atoms with E-state index in [2.05, 4.69) is 44.9 Å². The third-order valence-electron chi connectivity index (χ3n) is 6.30. The van der Waals surface area contributed by atoms with E-state index in [0.29, 0.717) is 29.4 Å². The second-order valence-corrected chi connectivity index (χ2v) is 14.9. The molecule has 2 aromatic rings. The summed E-state index contributed by atoms with van der Waals surface area (Å²) in [4.78, 5) is 4.43. The molecule has 0 radical (unpaired) electrons. The molecule has 0 fully saturated rings. The lowest BCUT2D eigenvalue weighted by atomic mass is 9.87. The van der Waals surface area contributed by atoms with Crippen molar-refractivity contribution in [3.8, 4) is 17.7 Å². The molecular formula is C24H32N2O4Si. The first kappa shape index (κ1) is 23.3. The van der Waals surface area contributed by atoms with Crippen LogP contribution in [-0.2, 0) is 11.0 Å². The number of pyridine rings is 1. The summed E-state index contributed by atoms with van der Waals surface area (Å²) in [5.74, 6) is 1.01. The largest absolute Gasteiger partial charge is 0.485 e. The van der Waals surface area contributed by atoms with Gasteiger partial charge in [0.1, 0.15) is 17.5 Å². The van der Waals surface area contributed by atoms with Gasteiger partial charge in [0, 0.05) is 17.3 Å². The fourth-order valence-electron chi connectivity index (χ4n) is 3.17. The molecule has 0 unspecified atom stereocenters. The van der Waals surface area contributed by atoms with Gasteiger partial charge in [-0.1, -0.05) is 20.8 Å². The molecule has 7 heteroatoms. The van der Waals surface area contributed by atoms with E-state index in [0.717, 1.165) is 5.56 Å². The van der Waals surface area contributed by atoms with Crippen molar-refractivity contribution in [3.63, 3.8) is 0 Å². The van der Waals surface area contributed by atoms with Crippen LogP contribution in [0.2, 0.25) is 18.1 Å². The number of aliphatic hydroxyl groups is 1. The summed E-state index contributed by atoms with van der Waals surface area (Å²) in [6, 6.07) is 11.1. The molecule has 31 heavy (non-hydrogen) atoms. The molecule has 0 saturated heterocycles. The summed E-state index contributed by atoms with van der Waals surface area (Å²) < 4.78 is 18.6. The number of benzene rings is 1. The van der Waals surface area contributed by atoms with Crippen molar-refractivity contribution in [2.45, 2.75) is 77.2 Å². The Kier molecular flexibility index (Phi) is 6.20. The van der Waals surface area contributed by atoms with E-state index in [9.17, 15) is 10.4 Å². The van der Waals surface area contributed by atoms with Gasteiger partial charge in [0.25, 0.3) is 0 Å². The molecular weight excluding hydrogens is 408 g/mol. The highest BCUT2D eigenvalue weighted by Crippen LogP contribution is 2.43. The number of aliphatic hydroxyl groups excluding tert-OH is 1. The van der Waals surface area contributed by atoms with Crippen LogP contribution in [0.15, 0.2) is 36.5 Å². The zero-order valence-electron chi connectivity index (χ0n) is 19.4. The SMILES string of the molecule is CC1(C)Oc2ccc(C#N)cc2[C@@H](Oc2ncccc2CO[Si](C)(C)C(C)(C)C)[C@@H]1O. The van der Waals surface area contributed by atoms with Crippen LogP contribution in [0.25, 0.3) is 0 Å². The Balaban J connectivity index is 1.93. The Morgan fingerprint density at radius 1 is 1.26 bits per heavy atom. The molecule has 166 valence electrons. The first-order chi connectivity index (χ1) is 14.4. The van der Waals surface area contributed by atoms with Crippen molar-refractivity contribution in [1.29, 1.82) is 5.26 Å². The fraction of sp³-hybridized carbons (Fsp3) is 0.500. The van der Waals surface area contributed by atoms with Gasteiger partial charge in [0.2, 0.25) is 5.88 Å². The van der Waals surface area contributed by atoms with Crippen molar-refractivity contribution in [1.82, 2.24) is 4.98 Å². The number of rotatable bonds is 5. The second kappa shape index (κ2) is 8.27. The van der Waals surface area contributed by atoms with Crippen molar-refractivity contribution in [3.05, 3.63) is 53.2 Å². The first-order valence-corrected chi connectivity index (χ1v) is 13.4. The smallest absolute Gasteiger partial charge is 0.219 e. The average Bonchev–Trinajstić information content (AvgIpc) is 2.69. The number of hydrogen-bond donors (Lipinski definition) is 1. The van der Waals surface area contributed by atoms with Gasteiger partial charge < -0.3 is 19.0 Å². The van der Waals surface area contributed by atoms with Crippen LogP contribution in [-0.4, -0.2) is 30.1 Å². The molecule has 0 spiro atoms. The summed E-state index contributed by atoms with van der Waals surface area (Å²) in [6.07, 6.45) is -0.0204. The van der Waals surface area contributed by atoms with Gasteiger partial charge in [-0.25, -0.2) is 4.98 Å². The lowest BCUT2D eigenvalue weighted by Crippen LogP contribution is -2.50. The number of nitriles is 1. The molecule has 2 atom stereocenters. The van der Waals surface area contributed by atoms with Crippen LogP contribution in [0.4, 0.5) is 0 Å². The summed E-state index contributed by atoms with van der Waals surface area (Å²) >= 11 is 0. The summed E-state index contributed by atoms with van der Waals surface area (Å²) in [5, 5.41) is 20.4. The van der Waals surface area contributed by atoms with Crippen LogP contribution >= 0.6 is 0 Å². The van der Waals surface area contributed by atoms with E-state index < -0.39 is 26.1 Å². The van der Waals surface area contributed by atoms with Gasteiger partial charge in [-0.05, 0) is 62.3 Å². The van der Waals surface area contributed by atoms with E-state index >= 15 is 0 Å². The van der Waals surface area contributed by atoms with Gasteiger partial charge >= 0.3 is 0 Å². The van der Waals surface area contributed by atoms with Crippen LogP contribution < -0.4 is 9.47 Å². The molecule has 1 aromatic heterocycles. The molecule has 6 nitrogen and oxygen atoms in total. The predicted molar refractivity (Wildman–Crippen MR) is 121 cm³/mol. The van der Waals surface area contributed by atoms with Crippen molar-refractivity contribution >= 4 is 8.32 Å². The van der Waals surface area contributed by atoms with Crippen LogP contribution in [0, 0.1) is 11.3 Å². The van der Waals surface area contributed by atoms with Crippen molar-refractivity contribution in [2.24, 2.45) is 0 Å². The number of nitrogens with zero attached hydrogens (tertiary/aromatic N) is 2. The molecule has 0 aliphatic carbocycles. The standard InChI is InChI=1S/C24H32N2O4Si/c1-23(2,3)31(6,7)28-15-17-9-8-12-26-22(17)29-20-18-13-16(14-25)10-11-19(18)30-24(4,5)21(20)27/h8-13,20-21,27H,15H2,1-7H3/t20-,21+/m1/s1. The maximum Gasteiger partial charge on any atom is 0.219 e. The van der Waals surface area contributed by atoms with E-state index in [4.69, 9.17) is 13.9 Å². The van der Waals surface area contributed by atoms with Gasteiger partial charge in [0.05, 0.1) is 18.2 Å². The van der Waals surface area contributed by atoms with Gasteiger partial charge in [-0.15, -0.1) is 0 Å². The van der Waals surface area contributed by atoms with E-state index in [1.54, 1.807) is 24.4 Å². The Bertz CT molecular complexity index is 992. The number of ether oxygens (including phenoxy) is 2. The molecule has 3 rings (SSSR count). The Morgan fingerprint density at radius 3 is 2.61 bits per heavy atom. The summed E-state index contributed by atoms with van der Waals surface area (Å²) in [7, 11) is -1.96. The third kappa shape index (κ3) is 4.77. The summed E-state index contributed by atoms with van der Waals surface area (Å²) in [5.41, 5.74) is 1.07. The maximum atomic E-state index is 11.0. The Morgan fingerprint density at radius 2 is 1.97 bits per heavy atom. The van der Waals surface area contributed by atoms with E-state index in [1.807, 2.05) is 26.0 Å². The molecule has 0 amide bonds. The predicted octanol–water partition coefficient (Wildman–Crippen LogP) is 5.13. The Labute approximate surface area is 185 Å². The summed E-state index contributed by atoms with van der Waals surface area (Å²) in [6.45, 7) is 15.0. The van der Waals surface area contributed by atoms with Gasteiger partial charge in [0.15, 0.2) is 14.4 Å². The average molecular weight is 441 g/mol.